The van der Waals surface area contributed by atoms with Crippen LogP contribution in [0, 0.1) is 6.57 Å². The summed E-state index contributed by atoms with van der Waals surface area (Å²) in [7, 11) is 0. The predicted octanol–water partition coefficient (Wildman–Crippen LogP) is 6.89. The molecule has 6 rings (SSSR count). The molecule has 0 aliphatic rings. The van der Waals surface area contributed by atoms with E-state index in [9.17, 15) is 9.90 Å². The molecule has 0 saturated heterocycles. The van der Waals surface area contributed by atoms with Gasteiger partial charge in [-0.05, 0) is 34.4 Å². The van der Waals surface area contributed by atoms with Crippen LogP contribution in [0.4, 0.5) is 22.9 Å². The number of anilines is 1. The highest BCUT2D eigenvalue weighted by Gasteiger charge is 2.21. The van der Waals surface area contributed by atoms with E-state index in [1.165, 1.54) is 10.9 Å². The van der Waals surface area contributed by atoms with Crippen LogP contribution in [-0.2, 0) is 0 Å². The van der Waals surface area contributed by atoms with Crippen LogP contribution < -0.4 is 5.32 Å². The van der Waals surface area contributed by atoms with Crippen molar-refractivity contribution in [3.63, 3.8) is 0 Å². The fraction of sp³-hybridized carbons (Fsp3) is 0. The molecule has 0 fully saturated rings. The molecule has 10 heteroatoms. The third kappa shape index (κ3) is 4.30. The Morgan fingerprint density at radius 2 is 1.62 bits per heavy atom. The fourth-order valence-electron chi connectivity index (χ4n) is 4.30. The maximum atomic E-state index is 13.6. The molecule has 0 atom stereocenters. The van der Waals surface area contributed by atoms with Crippen LogP contribution in [0.1, 0.15) is 10.4 Å². The zero-order chi connectivity index (χ0) is 26.8. The summed E-state index contributed by atoms with van der Waals surface area (Å²) in [5.41, 5.74) is 0.845. The van der Waals surface area contributed by atoms with Crippen LogP contribution in [0.15, 0.2) is 108 Å². The monoisotopic (exact) mass is 510 g/mol. The van der Waals surface area contributed by atoms with Crippen molar-refractivity contribution < 1.29 is 9.90 Å². The molecule has 4 aromatic carbocycles. The van der Waals surface area contributed by atoms with Gasteiger partial charge >= 0.3 is 0 Å². The average Bonchev–Trinajstić information content (AvgIpc) is 3.39. The number of phenolic OH excluding ortho intramolecular Hbond substituents is 1. The Kier molecular flexibility index (Phi) is 5.91. The minimum absolute atomic E-state index is 0.0504. The van der Waals surface area contributed by atoms with E-state index in [1.807, 2.05) is 54.6 Å². The molecular weight excluding hydrogens is 492 g/mol. The van der Waals surface area contributed by atoms with Gasteiger partial charge in [0.15, 0.2) is 11.6 Å². The van der Waals surface area contributed by atoms with E-state index in [4.69, 9.17) is 6.57 Å². The van der Waals surface area contributed by atoms with Crippen molar-refractivity contribution in [1.82, 2.24) is 19.7 Å². The smallest absolute Gasteiger partial charge is 0.260 e. The highest BCUT2D eigenvalue weighted by molar-refractivity contribution is 6.18. The van der Waals surface area contributed by atoms with E-state index in [2.05, 4.69) is 35.5 Å². The third-order valence-corrected chi connectivity index (χ3v) is 6.11. The maximum absolute atomic E-state index is 13.6. The van der Waals surface area contributed by atoms with E-state index >= 15 is 0 Å². The maximum Gasteiger partial charge on any atom is 0.260 e. The van der Waals surface area contributed by atoms with Crippen LogP contribution in [-0.4, -0.2) is 30.8 Å². The van der Waals surface area contributed by atoms with Crippen LogP contribution in [0.3, 0.4) is 0 Å². The number of phenols is 1. The van der Waals surface area contributed by atoms with Gasteiger partial charge in [-0.1, -0.05) is 60.7 Å². The van der Waals surface area contributed by atoms with Gasteiger partial charge in [-0.25, -0.2) is 14.8 Å². The first-order valence-electron chi connectivity index (χ1n) is 11.8. The molecule has 2 heterocycles. The fourth-order valence-corrected chi connectivity index (χ4v) is 4.30. The number of aromatic hydroxyl groups is 1. The van der Waals surface area contributed by atoms with Crippen LogP contribution in [0.2, 0.25) is 0 Å². The number of aromatic nitrogens is 4. The molecule has 0 spiro atoms. The Balaban J connectivity index is 1.44. The number of nitrogens with one attached hydrogen (secondary N) is 1. The number of fused-ring (bicyclic) bond motifs is 2. The first kappa shape index (κ1) is 23.4. The minimum atomic E-state index is -0.498. The van der Waals surface area contributed by atoms with Crippen molar-refractivity contribution >= 4 is 50.3 Å². The van der Waals surface area contributed by atoms with Gasteiger partial charge in [0.25, 0.3) is 17.5 Å². The highest BCUT2D eigenvalue weighted by Crippen LogP contribution is 2.39. The Morgan fingerprint density at radius 1 is 0.897 bits per heavy atom. The minimum Gasteiger partial charge on any atom is -0.505 e. The lowest BCUT2D eigenvalue weighted by Gasteiger charge is -2.13. The van der Waals surface area contributed by atoms with E-state index < -0.39 is 5.91 Å². The van der Waals surface area contributed by atoms with Crippen molar-refractivity contribution in [3.05, 3.63) is 114 Å². The number of azo groups is 1. The summed E-state index contributed by atoms with van der Waals surface area (Å²) in [6.07, 6.45) is 4.41. The summed E-state index contributed by atoms with van der Waals surface area (Å²) in [4.78, 5) is 25.4. The predicted molar refractivity (Wildman–Crippen MR) is 147 cm³/mol. The average molecular weight is 511 g/mol. The molecule has 2 N–H and O–H groups in total. The topological polar surface area (TPSA) is 122 Å². The Hall–Kier alpha value is -5.95. The van der Waals surface area contributed by atoms with Gasteiger partial charge in [-0.15, -0.1) is 10.2 Å². The number of benzene rings is 4. The molecule has 39 heavy (non-hydrogen) atoms. The number of amides is 1. The van der Waals surface area contributed by atoms with E-state index in [1.54, 1.807) is 36.7 Å². The lowest BCUT2D eigenvalue weighted by Crippen LogP contribution is -2.13. The van der Waals surface area contributed by atoms with Crippen LogP contribution in [0.25, 0.3) is 32.3 Å². The Labute approximate surface area is 221 Å². The molecule has 0 unspecified atom stereocenters. The largest absolute Gasteiger partial charge is 0.505 e. The van der Waals surface area contributed by atoms with Crippen molar-refractivity contribution in [2.24, 2.45) is 10.2 Å². The second kappa shape index (κ2) is 9.84. The molecule has 0 bridgehead atoms. The summed E-state index contributed by atoms with van der Waals surface area (Å²) in [6.45, 7) is 7.47. The van der Waals surface area contributed by atoms with Crippen molar-refractivity contribution in [2.45, 2.75) is 0 Å². The zero-order valence-corrected chi connectivity index (χ0v) is 20.2. The summed E-state index contributed by atoms with van der Waals surface area (Å²) in [6, 6.07) is 23.8. The molecule has 0 radical (unpaired) electrons. The number of rotatable bonds is 5. The summed E-state index contributed by atoms with van der Waals surface area (Å²) in [5.74, 6) is -0.548. The molecule has 0 saturated carbocycles. The van der Waals surface area contributed by atoms with Crippen molar-refractivity contribution in [2.75, 3.05) is 5.32 Å². The molecule has 1 amide bonds. The lowest BCUT2D eigenvalue weighted by atomic mass is 10.0. The number of carbonyl (C=O) groups excluding carboxylic acids is 1. The van der Waals surface area contributed by atoms with Gasteiger partial charge in [0.1, 0.15) is 5.69 Å². The second-order valence-corrected chi connectivity index (χ2v) is 8.45. The van der Waals surface area contributed by atoms with Gasteiger partial charge in [-0.3, -0.25) is 4.79 Å². The van der Waals surface area contributed by atoms with E-state index in [-0.39, 0.29) is 34.5 Å². The van der Waals surface area contributed by atoms with Crippen molar-refractivity contribution in [3.8, 4) is 11.7 Å². The highest BCUT2D eigenvalue weighted by atomic mass is 16.3. The van der Waals surface area contributed by atoms with Gasteiger partial charge in [0.05, 0.1) is 18.3 Å². The quantitative estimate of drug-likeness (QED) is 0.193. The van der Waals surface area contributed by atoms with Crippen LogP contribution >= 0.6 is 0 Å². The lowest BCUT2D eigenvalue weighted by molar-refractivity contribution is 0.102. The zero-order valence-electron chi connectivity index (χ0n) is 20.2. The SMILES string of the molecule is [C-]#[N+]c1cnn(-c2ncccn2)c1N=Nc1cc2ccccc2c(C(=O)Nc2cccc3ccccc23)c1O. The molecule has 6 aromatic rings. The molecule has 10 nitrogen and oxygen atoms in total. The normalized spacial score (nSPS) is 11.2. The summed E-state index contributed by atoms with van der Waals surface area (Å²) < 4.78 is 1.28. The number of carbonyl (C=O) groups is 1. The Morgan fingerprint density at radius 3 is 2.41 bits per heavy atom. The third-order valence-electron chi connectivity index (χ3n) is 6.11. The second-order valence-electron chi connectivity index (χ2n) is 8.45. The van der Waals surface area contributed by atoms with Gasteiger partial charge < -0.3 is 10.4 Å². The van der Waals surface area contributed by atoms with E-state index in [0.29, 0.717) is 16.5 Å². The first-order chi connectivity index (χ1) is 19.1. The standard InChI is InChI=1S/C29H18N8O2/c1-30-24-17-33-37(29-31-14-7-15-32-29)27(24)36-35-23-16-19-9-3-5-12-21(19)25(26(23)38)28(39)34-22-13-6-10-18-8-2-4-11-20(18)22/h2-17,38H,(H,34,39). The summed E-state index contributed by atoms with van der Waals surface area (Å²) >= 11 is 0. The molecule has 0 aliphatic heterocycles. The van der Waals surface area contributed by atoms with E-state index in [0.717, 1.165) is 10.8 Å². The molecule has 0 aliphatic carbocycles. The van der Waals surface area contributed by atoms with Crippen LogP contribution in [0.5, 0.6) is 5.75 Å². The number of nitrogens with zero attached hydrogens (tertiary/aromatic N) is 7. The molecule has 186 valence electrons. The number of hydrogen-bond acceptors (Lipinski definition) is 7. The first-order valence-corrected chi connectivity index (χ1v) is 11.8. The Bertz CT molecular complexity index is 1940. The molecule has 2 aromatic heterocycles. The number of hydrogen-bond donors (Lipinski definition) is 2. The summed E-state index contributed by atoms with van der Waals surface area (Å²) in [5, 5.41) is 29.9. The van der Waals surface area contributed by atoms with Gasteiger partial charge in [0, 0.05) is 23.5 Å². The van der Waals surface area contributed by atoms with Gasteiger partial charge in [0.2, 0.25) is 0 Å². The van der Waals surface area contributed by atoms with Gasteiger partial charge in [-0.2, -0.15) is 9.78 Å². The van der Waals surface area contributed by atoms with Crippen molar-refractivity contribution in [1.29, 1.82) is 0 Å². The molecular formula is C29H18N8O2.